The minimum absolute atomic E-state index is 0.0476. The third kappa shape index (κ3) is 3.48. The van der Waals surface area contributed by atoms with Gasteiger partial charge in [0.1, 0.15) is 0 Å². The van der Waals surface area contributed by atoms with E-state index in [1.54, 1.807) is 18.3 Å². The molecule has 2 N–H and O–H groups in total. The zero-order chi connectivity index (χ0) is 13.8. The molecule has 0 spiro atoms. The van der Waals surface area contributed by atoms with E-state index in [4.69, 9.17) is 16.7 Å². The number of aromatic nitrogens is 2. The maximum absolute atomic E-state index is 12.0. The molecular weight excluding hydrogens is 268 g/mol. The monoisotopic (exact) mass is 280 g/mol. The van der Waals surface area contributed by atoms with E-state index in [0.717, 1.165) is 5.56 Å². The molecule has 0 fully saturated rings. The van der Waals surface area contributed by atoms with Gasteiger partial charge < -0.3 is 10.2 Å². The van der Waals surface area contributed by atoms with Crippen LogP contribution in [0.5, 0.6) is 0 Å². The average molecular weight is 281 g/mol. The summed E-state index contributed by atoms with van der Waals surface area (Å²) in [7, 11) is 0. The molecule has 0 atom stereocenters. The van der Waals surface area contributed by atoms with E-state index in [0.29, 0.717) is 17.1 Å². The molecule has 0 aliphatic heterocycles. The average Bonchev–Trinajstić information content (AvgIpc) is 2.71. The van der Waals surface area contributed by atoms with E-state index in [1.807, 2.05) is 12.1 Å². The fourth-order valence-corrected chi connectivity index (χ4v) is 1.89. The molecule has 1 aromatic heterocycles. The maximum Gasteiger partial charge on any atom is 0.303 e. The third-order valence-corrected chi connectivity index (χ3v) is 3.03. The molecule has 2 rings (SSSR count). The number of carboxylic acids is 1. The number of aryl methyl sites for hydroxylation is 1. The first-order chi connectivity index (χ1) is 9.06. The van der Waals surface area contributed by atoms with E-state index in [1.165, 1.54) is 4.68 Å². The predicted octanol–water partition coefficient (Wildman–Crippen LogP) is 1.90. The Morgan fingerprint density at radius 3 is 2.63 bits per heavy atom. The number of carbonyl (C=O) groups is 1. The predicted molar refractivity (Wildman–Crippen MR) is 71.6 cm³/mol. The Labute approximate surface area is 114 Å². The van der Waals surface area contributed by atoms with Crippen molar-refractivity contribution in [2.24, 2.45) is 0 Å². The molecule has 0 radical (unpaired) electrons. The Morgan fingerprint density at radius 2 is 2.00 bits per heavy atom. The topological polar surface area (TPSA) is 75.1 Å². The number of rotatable bonds is 5. The number of hydrogen-bond donors (Lipinski definition) is 2. The largest absolute Gasteiger partial charge is 0.481 e. The van der Waals surface area contributed by atoms with Crippen molar-refractivity contribution in [1.29, 1.82) is 0 Å². The van der Waals surface area contributed by atoms with Crippen molar-refractivity contribution in [1.82, 2.24) is 9.78 Å². The van der Waals surface area contributed by atoms with Gasteiger partial charge in [0, 0.05) is 23.2 Å². The molecule has 100 valence electrons. The molecule has 2 aromatic rings. The first-order valence-electron chi connectivity index (χ1n) is 5.79. The van der Waals surface area contributed by atoms with Crippen LogP contribution in [-0.4, -0.2) is 20.9 Å². The van der Waals surface area contributed by atoms with E-state index >= 15 is 0 Å². The van der Waals surface area contributed by atoms with Crippen molar-refractivity contribution < 1.29 is 9.90 Å². The Hall–Kier alpha value is -2.01. The van der Waals surface area contributed by atoms with E-state index < -0.39 is 5.97 Å². The molecule has 6 heteroatoms. The third-order valence-electron chi connectivity index (χ3n) is 2.78. The lowest BCUT2D eigenvalue weighted by Crippen LogP contribution is -2.20. The smallest absolute Gasteiger partial charge is 0.303 e. The summed E-state index contributed by atoms with van der Waals surface area (Å²) in [6.07, 6.45) is 1.74. The number of nitrogens with zero attached hydrogens (tertiary/aromatic N) is 1. The number of hydrogen-bond acceptors (Lipinski definition) is 2. The van der Waals surface area contributed by atoms with Crippen molar-refractivity contribution in [3.63, 3.8) is 0 Å². The van der Waals surface area contributed by atoms with Gasteiger partial charge in [-0.15, -0.1) is 0 Å². The highest BCUT2D eigenvalue weighted by molar-refractivity contribution is 6.30. The summed E-state index contributed by atoms with van der Waals surface area (Å²) in [5, 5.41) is 12.1. The van der Waals surface area contributed by atoms with Crippen LogP contribution in [0.1, 0.15) is 17.5 Å². The van der Waals surface area contributed by atoms with Gasteiger partial charge in [-0.25, -0.2) is 4.68 Å². The fourth-order valence-electron chi connectivity index (χ4n) is 1.76. The molecule has 1 aromatic carbocycles. The minimum atomic E-state index is -0.912. The van der Waals surface area contributed by atoms with Gasteiger partial charge in [-0.3, -0.25) is 9.59 Å². The lowest BCUT2D eigenvalue weighted by molar-refractivity contribution is -0.136. The summed E-state index contributed by atoms with van der Waals surface area (Å²) in [6.45, 7) is 0.406. The molecule has 0 aliphatic carbocycles. The summed E-state index contributed by atoms with van der Waals surface area (Å²) >= 11 is 5.79. The highest BCUT2D eigenvalue weighted by atomic mass is 35.5. The molecular formula is C13H13ClN2O3. The first-order valence-corrected chi connectivity index (χ1v) is 6.17. The standard InChI is InChI=1S/C13H13ClN2O3/c14-11-4-1-9(2-5-11)8-16-13(19)10(7-15-16)3-6-12(17)18/h1-2,4-5,7,15H,3,6,8H2,(H,17,18). The van der Waals surface area contributed by atoms with Gasteiger partial charge in [-0.05, 0) is 24.1 Å². The van der Waals surface area contributed by atoms with Gasteiger partial charge in [0.05, 0.1) is 6.54 Å². The quantitative estimate of drug-likeness (QED) is 0.878. The number of carboxylic acid groups (broad SMARTS) is 1. The van der Waals surface area contributed by atoms with Crippen LogP contribution in [0.4, 0.5) is 0 Å². The number of aromatic amines is 1. The second-order valence-electron chi connectivity index (χ2n) is 4.21. The van der Waals surface area contributed by atoms with Crippen molar-refractivity contribution in [2.75, 3.05) is 0 Å². The lowest BCUT2D eigenvalue weighted by atomic mass is 10.2. The molecule has 19 heavy (non-hydrogen) atoms. The number of halogens is 1. The molecule has 5 nitrogen and oxygen atoms in total. The zero-order valence-electron chi connectivity index (χ0n) is 10.1. The SMILES string of the molecule is O=C(O)CCc1c[nH]n(Cc2ccc(Cl)cc2)c1=O. The van der Waals surface area contributed by atoms with Gasteiger partial charge >= 0.3 is 5.97 Å². The van der Waals surface area contributed by atoms with Gasteiger partial charge in [-0.1, -0.05) is 23.7 Å². The number of benzene rings is 1. The van der Waals surface area contributed by atoms with Crippen molar-refractivity contribution in [3.8, 4) is 0 Å². The van der Waals surface area contributed by atoms with Crippen LogP contribution in [0.15, 0.2) is 35.3 Å². The van der Waals surface area contributed by atoms with E-state index in [9.17, 15) is 9.59 Å². The molecule has 1 heterocycles. The van der Waals surface area contributed by atoms with Crippen LogP contribution >= 0.6 is 11.6 Å². The summed E-state index contributed by atoms with van der Waals surface area (Å²) < 4.78 is 1.44. The molecule has 0 amide bonds. The summed E-state index contributed by atoms with van der Waals surface area (Å²) in [4.78, 5) is 22.4. The Balaban J connectivity index is 2.11. The summed E-state index contributed by atoms with van der Waals surface area (Å²) in [5.74, 6) is -0.912. The number of nitrogens with one attached hydrogen (secondary N) is 1. The number of aliphatic carboxylic acids is 1. The summed E-state index contributed by atoms with van der Waals surface area (Å²) in [5.41, 5.74) is 1.24. The van der Waals surface area contributed by atoms with Gasteiger partial charge in [0.25, 0.3) is 5.56 Å². The molecule has 0 aliphatic rings. The fraction of sp³-hybridized carbons (Fsp3) is 0.231. The zero-order valence-corrected chi connectivity index (χ0v) is 10.9. The van der Waals surface area contributed by atoms with Crippen LogP contribution in [0.2, 0.25) is 5.02 Å². The van der Waals surface area contributed by atoms with Gasteiger partial charge in [0.2, 0.25) is 0 Å². The highest BCUT2D eigenvalue weighted by Gasteiger charge is 2.08. The van der Waals surface area contributed by atoms with Crippen molar-refractivity contribution >= 4 is 17.6 Å². The maximum atomic E-state index is 12.0. The molecule has 0 bridgehead atoms. The normalized spacial score (nSPS) is 10.6. The van der Waals surface area contributed by atoms with Crippen LogP contribution < -0.4 is 5.56 Å². The second-order valence-corrected chi connectivity index (χ2v) is 4.65. The van der Waals surface area contributed by atoms with E-state index in [-0.39, 0.29) is 18.4 Å². The molecule has 0 saturated carbocycles. The molecule has 0 unspecified atom stereocenters. The van der Waals surface area contributed by atoms with Crippen LogP contribution in [-0.2, 0) is 17.8 Å². The van der Waals surface area contributed by atoms with Gasteiger partial charge in [0.15, 0.2) is 0 Å². The minimum Gasteiger partial charge on any atom is -0.481 e. The second kappa shape index (κ2) is 5.75. The molecule has 0 saturated heterocycles. The first kappa shape index (κ1) is 13.4. The van der Waals surface area contributed by atoms with Crippen molar-refractivity contribution in [2.45, 2.75) is 19.4 Å². The van der Waals surface area contributed by atoms with Crippen LogP contribution in [0.3, 0.4) is 0 Å². The van der Waals surface area contributed by atoms with Crippen LogP contribution in [0.25, 0.3) is 0 Å². The van der Waals surface area contributed by atoms with E-state index in [2.05, 4.69) is 5.10 Å². The highest BCUT2D eigenvalue weighted by Crippen LogP contribution is 2.10. The van der Waals surface area contributed by atoms with Gasteiger partial charge in [-0.2, -0.15) is 0 Å². The summed E-state index contributed by atoms with van der Waals surface area (Å²) in [6, 6.07) is 7.20. The Kier molecular flexibility index (Phi) is 4.06. The number of H-pyrrole nitrogens is 1. The lowest BCUT2D eigenvalue weighted by Gasteiger charge is -2.02. The Morgan fingerprint density at radius 1 is 1.32 bits per heavy atom. The van der Waals surface area contributed by atoms with Crippen LogP contribution in [0, 0.1) is 0 Å². The van der Waals surface area contributed by atoms with Crippen molar-refractivity contribution in [3.05, 3.63) is 57.0 Å². The Bertz CT molecular complexity index is 628.